The average Bonchev–Trinajstić information content (AvgIpc) is 2.69. The van der Waals surface area contributed by atoms with Crippen LogP contribution < -0.4 is 10.1 Å². The lowest BCUT2D eigenvalue weighted by atomic mass is 9.94. The summed E-state index contributed by atoms with van der Waals surface area (Å²) >= 11 is 0. The van der Waals surface area contributed by atoms with Crippen LogP contribution in [0.4, 0.5) is 4.39 Å². The second-order valence-corrected chi connectivity index (χ2v) is 6.98. The van der Waals surface area contributed by atoms with Crippen LogP contribution in [-0.2, 0) is 17.8 Å². The molecule has 2 aromatic rings. The molecule has 0 radical (unpaired) electrons. The van der Waals surface area contributed by atoms with E-state index in [4.69, 9.17) is 4.74 Å². The third-order valence-electron chi connectivity index (χ3n) is 5.26. The smallest absolute Gasteiger partial charge is 0.240 e. The van der Waals surface area contributed by atoms with Gasteiger partial charge in [0.25, 0.3) is 0 Å². The SMILES string of the molecule is O=C([C@H]1Cc2ccccc2CN1)N1CCC(Oc2ccccc2F)CC1. The van der Waals surface area contributed by atoms with Crippen LogP contribution in [0.5, 0.6) is 5.75 Å². The van der Waals surface area contributed by atoms with E-state index in [2.05, 4.69) is 17.4 Å². The fraction of sp³-hybridized carbons (Fsp3) is 0.381. The number of ether oxygens (including phenoxy) is 1. The van der Waals surface area contributed by atoms with Crippen LogP contribution in [0.15, 0.2) is 48.5 Å². The van der Waals surface area contributed by atoms with Gasteiger partial charge in [-0.1, -0.05) is 36.4 Å². The van der Waals surface area contributed by atoms with Gasteiger partial charge in [0.15, 0.2) is 11.6 Å². The van der Waals surface area contributed by atoms with Crippen molar-refractivity contribution in [1.29, 1.82) is 0 Å². The molecule has 136 valence electrons. The maximum absolute atomic E-state index is 13.7. The van der Waals surface area contributed by atoms with Gasteiger partial charge in [-0.15, -0.1) is 0 Å². The zero-order chi connectivity index (χ0) is 17.9. The molecule has 0 bridgehead atoms. The Kier molecular flexibility index (Phi) is 4.89. The first kappa shape index (κ1) is 17.0. The van der Waals surface area contributed by atoms with E-state index < -0.39 is 0 Å². The van der Waals surface area contributed by atoms with Crippen molar-refractivity contribution in [3.8, 4) is 5.75 Å². The molecule has 26 heavy (non-hydrogen) atoms. The second-order valence-electron chi connectivity index (χ2n) is 6.98. The normalized spacial score (nSPS) is 20.5. The highest BCUT2D eigenvalue weighted by atomic mass is 19.1. The van der Waals surface area contributed by atoms with Gasteiger partial charge in [-0.05, 0) is 29.7 Å². The van der Waals surface area contributed by atoms with E-state index in [9.17, 15) is 9.18 Å². The second kappa shape index (κ2) is 7.46. The number of nitrogens with zero attached hydrogens (tertiary/aromatic N) is 1. The van der Waals surface area contributed by atoms with E-state index in [1.165, 1.54) is 17.2 Å². The summed E-state index contributed by atoms with van der Waals surface area (Å²) in [6.45, 7) is 2.04. The molecule has 1 saturated heterocycles. The maximum Gasteiger partial charge on any atom is 0.240 e. The van der Waals surface area contributed by atoms with Crippen LogP contribution in [0.1, 0.15) is 24.0 Å². The molecule has 2 heterocycles. The molecule has 2 aromatic carbocycles. The molecular weight excluding hydrogens is 331 g/mol. The summed E-state index contributed by atoms with van der Waals surface area (Å²) in [4.78, 5) is 14.8. The molecule has 1 atom stereocenters. The molecule has 1 N–H and O–H groups in total. The van der Waals surface area contributed by atoms with Crippen molar-refractivity contribution in [3.05, 3.63) is 65.5 Å². The number of likely N-dealkylation sites (tertiary alicyclic amines) is 1. The third kappa shape index (κ3) is 3.58. The Labute approximate surface area is 153 Å². The summed E-state index contributed by atoms with van der Waals surface area (Å²) in [5, 5.41) is 3.36. The highest BCUT2D eigenvalue weighted by molar-refractivity contribution is 5.82. The van der Waals surface area contributed by atoms with Crippen LogP contribution in [0.25, 0.3) is 0 Å². The van der Waals surface area contributed by atoms with Crippen LogP contribution in [0.2, 0.25) is 0 Å². The van der Waals surface area contributed by atoms with Gasteiger partial charge in [0.1, 0.15) is 6.10 Å². The number of piperidine rings is 1. The van der Waals surface area contributed by atoms with Crippen molar-refractivity contribution in [3.63, 3.8) is 0 Å². The zero-order valence-corrected chi connectivity index (χ0v) is 14.7. The number of carbonyl (C=O) groups excluding carboxylic acids is 1. The van der Waals surface area contributed by atoms with Crippen molar-refractivity contribution in [2.45, 2.75) is 38.0 Å². The third-order valence-corrected chi connectivity index (χ3v) is 5.26. The van der Waals surface area contributed by atoms with Crippen molar-refractivity contribution in [2.24, 2.45) is 0 Å². The summed E-state index contributed by atoms with van der Waals surface area (Å²) in [5.41, 5.74) is 2.52. The molecule has 0 saturated carbocycles. The summed E-state index contributed by atoms with van der Waals surface area (Å²) < 4.78 is 19.5. The maximum atomic E-state index is 13.7. The van der Waals surface area contributed by atoms with E-state index in [1.54, 1.807) is 18.2 Å². The highest BCUT2D eigenvalue weighted by Gasteiger charge is 2.31. The summed E-state index contributed by atoms with van der Waals surface area (Å²) in [6.07, 6.45) is 2.14. The van der Waals surface area contributed by atoms with Crippen LogP contribution in [0, 0.1) is 5.82 Å². The number of hydrogen-bond acceptors (Lipinski definition) is 3. The lowest BCUT2D eigenvalue weighted by molar-refractivity contribution is -0.135. The van der Waals surface area contributed by atoms with Crippen molar-refractivity contribution in [2.75, 3.05) is 13.1 Å². The fourth-order valence-corrected chi connectivity index (χ4v) is 3.76. The fourth-order valence-electron chi connectivity index (χ4n) is 3.76. The molecule has 2 aliphatic rings. The van der Waals surface area contributed by atoms with Crippen LogP contribution in [0.3, 0.4) is 0 Å². The number of hydrogen-bond donors (Lipinski definition) is 1. The Morgan fingerprint density at radius 3 is 2.50 bits per heavy atom. The van der Waals surface area contributed by atoms with Gasteiger partial charge in [-0.3, -0.25) is 4.79 Å². The van der Waals surface area contributed by atoms with Gasteiger partial charge < -0.3 is 15.0 Å². The first-order chi connectivity index (χ1) is 12.7. The number of rotatable bonds is 3. The molecule has 5 heteroatoms. The first-order valence-corrected chi connectivity index (χ1v) is 9.21. The largest absolute Gasteiger partial charge is 0.487 e. The van der Waals surface area contributed by atoms with Crippen molar-refractivity contribution in [1.82, 2.24) is 10.2 Å². The Morgan fingerprint density at radius 1 is 1.04 bits per heavy atom. The van der Waals surface area contributed by atoms with E-state index in [0.29, 0.717) is 18.8 Å². The zero-order valence-electron chi connectivity index (χ0n) is 14.7. The van der Waals surface area contributed by atoms with Crippen molar-refractivity contribution < 1.29 is 13.9 Å². The van der Waals surface area contributed by atoms with Gasteiger partial charge in [-0.2, -0.15) is 0 Å². The topological polar surface area (TPSA) is 41.6 Å². The van der Waals surface area contributed by atoms with E-state index >= 15 is 0 Å². The van der Waals surface area contributed by atoms with Gasteiger partial charge >= 0.3 is 0 Å². The Hall–Kier alpha value is -2.40. The number of fused-ring (bicyclic) bond motifs is 1. The molecule has 0 aromatic heterocycles. The Bertz CT molecular complexity index is 787. The van der Waals surface area contributed by atoms with Gasteiger partial charge in [0, 0.05) is 32.5 Å². The standard InChI is InChI=1S/C21H23FN2O2/c22-18-7-3-4-8-20(18)26-17-9-11-24(12-10-17)21(25)19-13-15-5-1-2-6-16(15)14-23-19/h1-8,17,19,23H,9-14H2/t19-/m1/s1. The first-order valence-electron chi connectivity index (χ1n) is 9.21. The predicted octanol–water partition coefficient (Wildman–Crippen LogP) is 2.91. The molecule has 4 nitrogen and oxygen atoms in total. The molecule has 0 spiro atoms. The summed E-state index contributed by atoms with van der Waals surface area (Å²) in [6, 6.07) is 14.6. The average molecular weight is 354 g/mol. The highest BCUT2D eigenvalue weighted by Crippen LogP contribution is 2.23. The summed E-state index contributed by atoms with van der Waals surface area (Å²) in [7, 11) is 0. The number of carbonyl (C=O) groups is 1. The van der Waals surface area contributed by atoms with Gasteiger partial charge in [0.2, 0.25) is 5.91 Å². The number of para-hydroxylation sites is 1. The molecule has 1 fully saturated rings. The van der Waals surface area contributed by atoms with Crippen molar-refractivity contribution >= 4 is 5.91 Å². The minimum atomic E-state index is -0.337. The van der Waals surface area contributed by atoms with Crippen LogP contribution in [-0.4, -0.2) is 36.0 Å². The number of amides is 1. The predicted molar refractivity (Wildman–Crippen MR) is 97.4 cm³/mol. The minimum absolute atomic E-state index is 0.0454. The monoisotopic (exact) mass is 354 g/mol. The lowest BCUT2D eigenvalue weighted by Gasteiger charge is -2.36. The van der Waals surface area contributed by atoms with E-state index in [-0.39, 0.29) is 23.9 Å². The molecule has 4 rings (SSSR count). The van der Waals surface area contributed by atoms with Gasteiger partial charge in [0.05, 0.1) is 6.04 Å². The molecular formula is C21H23FN2O2. The number of benzene rings is 2. The molecule has 1 amide bonds. The Balaban J connectivity index is 1.32. The number of nitrogens with one attached hydrogen (secondary N) is 1. The Morgan fingerprint density at radius 2 is 1.73 bits per heavy atom. The molecule has 2 aliphatic heterocycles. The molecule has 0 aliphatic carbocycles. The number of halogens is 1. The molecule has 0 unspecified atom stereocenters. The lowest BCUT2D eigenvalue weighted by Crippen LogP contribution is -2.52. The minimum Gasteiger partial charge on any atom is -0.487 e. The quantitative estimate of drug-likeness (QED) is 0.922. The van der Waals surface area contributed by atoms with Crippen LogP contribution >= 0.6 is 0 Å². The van der Waals surface area contributed by atoms with E-state index in [0.717, 1.165) is 25.8 Å². The van der Waals surface area contributed by atoms with Gasteiger partial charge in [-0.25, -0.2) is 4.39 Å². The van der Waals surface area contributed by atoms with E-state index in [1.807, 2.05) is 17.0 Å². The summed E-state index contributed by atoms with van der Waals surface area (Å²) in [5.74, 6) is 0.114.